The summed E-state index contributed by atoms with van der Waals surface area (Å²) in [6.07, 6.45) is 3.85. The van der Waals surface area contributed by atoms with Crippen LogP contribution in [0.25, 0.3) is 23.1 Å². The van der Waals surface area contributed by atoms with Gasteiger partial charge in [-0.05, 0) is 47.4 Å². The van der Waals surface area contributed by atoms with Crippen LogP contribution < -0.4 is 10.6 Å². The topological polar surface area (TPSA) is 86.9 Å². The number of nitrogens with zero attached hydrogens (tertiary/aromatic N) is 1. The van der Waals surface area contributed by atoms with E-state index < -0.39 is 0 Å². The zero-order valence-electron chi connectivity index (χ0n) is 17.2. The minimum absolute atomic E-state index is 0.180. The molecule has 5 rings (SSSR count). The van der Waals surface area contributed by atoms with Gasteiger partial charge in [-0.25, -0.2) is 0 Å². The van der Waals surface area contributed by atoms with E-state index in [4.69, 9.17) is 0 Å². The van der Waals surface area contributed by atoms with E-state index in [1.54, 1.807) is 18.2 Å². The SMILES string of the molecule is O=C(Nc1ccc(C(=O)Nc2ccccc2/C=C/c2n[nH]c3ccccc23)s1)c1cccs1. The monoisotopic (exact) mass is 470 g/mol. The molecule has 3 aromatic heterocycles. The lowest BCUT2D eigenvalue weighted by molar-refractivity contribution is 0.102. The maximum Gasteiger partial charge on any atom is 0.266 e. The second kappa shape index (κ2) is 9.23. The maximum atomic E-state index is 12.8. The highest BCUT2D eigenvalue weighted by molar-refractivity contribution is 7.18. The summed E-state index contributed by atoms with van der Waals surface area (Å²) in [6, 6.07) is 22.5. The molecule has 0 bridgehead atoms. The van der Waals surface area contributed by atoms with Gasteiger partial charge < -0.3 is 10.6 Å². The second-order valence-electron chi connectivity index (χ2n) is 7.12. The Labute approximate surface area is 197 Å². The maximum absolute atomic E-state index is 12.8. The summed E-state index contributed by atoms with van der Waals surface area (Å²) >= 11 is 2.60. The molecule has 8 heteroatoms. The molecule has 33 heavy (non-hydrogen) atoms. The molecular weight excluding hydrogens is 452 g/mol. The molecule has 0 aliphatic heterocycles. The highest BCUT2D eigenvalue weighted by Gasteiger charge is 2.14. The number of thiophene rings is 2. The van der Waals surface area contributed by atoms with Gasteiger partial charge in [0.25, 0.3) is 11.8 Å². The van der Waals surface area contributed by atoms with E-state index in [0.29, 0.717) is 20.4 Å². The van der Waals surface area contributed by atoms with E-state index >= 15 is 0 Å². The number of H-pyrrole nitrogens is 1. The van der Waals surface area contributed by atoms with Crippen LogP contribution in [0.2, 0.25) is 0 Å². The van der Waals surface area contributed by atoms with Crippen LogP contribution in [0.4, 0.5) is 10.7 Å². The molecule has 2 aromatic carbocycles. The zero-order chi connectivity index (χ0) is 22.6. The van der Waals surface area contributed by atoms with Crippen molar-refractivity contribution in [1.29, 1.82) is 0 Å². The van der Waals surface area contributed by atoms with Crippen molar-refractivity contribution >= 4 is 68.2 Å². The Morgan fingerprint density at radius 3 is 2.52 bits per heavy atom. The summed E-state index contributed by atoms with van der Waals surface area (Å²) in [5.74, 6) is -0.414. The van der Waals surface area contributed by atoms with Crippen LogP contribution in [0, 0.1) is 0 Å². The van der Waals surface area contributed by atoms with Gasteiger partial charge >= 0.3 is 0 Å². The number of aromatic nitrogens is 2. The Hall–Kier alpha value is -4.01. The van der Waals surface area contributed by atoms with Crippen LogP contribution in [0.5, 0.6) is 0 Å². The van der Waals surface area contributed by atoms with E-state index in [9.17, 15) is 9.59 Å². The molecule has 0 aliphatic carbocycles. The van der Waals surface area contributed by atoms with Crippen molar-refractivity contribution < 1.29 is 9.59 Å². The van der Waals surface area contributed by atoms with Crippen molar-refractivity contribution in [2.45, 2.75) is 0 Å². The first-order valence-electron chi connectivity index (χ1n) is 10.1. The predicted molar refractivity (Wildman–Crippen MR) is 136 cm³/mol. The van der Waals surface area contributed by atoms with Gasteiger partial charge in [0.15, 0.2) is 0 Å². The molecule has 0 saturated heterocycles. The highest BCUT2D eigenvalue weighted by Crippen LogP contribution is 2.26. The third kappa shape index (κ3) is 4.62. The number of aromatic amines is 1. The van der Waals surface area contributed by atoms with E-state index in [-0.39, 0.29) is 11.8 Å². The smallest absolute Gasteiger partial charge is 0.266 e. The summed E-state index contributed by atoms with van der Waals surface area (Å²) < 4.78 is 0. The largest absolute Gasteiger partial charge is 0.321 e. The molecule has 2 amide bonds. The number of benzene rings is 2. The second-order valence-corrected chi connectivity index (χ2v) is 9.16. The van der Waals surface area contributed by atoms with Gasteiger partial charge in [-0.15, -0.1) is 22.7 Å². The molecular formula is C25H18N4O2S2. The van der Waals surface area contributed by atoms with Gasteiger partial charge in [0, 0.05) is 11.1 Å². The number of rotatable bonds is 6. The molecule has 0 saturated carbocycles. The van der Waals surface area contributed by atoms with Gasteiger partial charge in [0.05, 0.1) is 26.0 Å². The number of fused-ring (bicyclic) bond motifs is 1. The lowest BCUT2D eigenvalue weighted by Crippen LogP contribution is -2.11. The highest BCUT2D eigenvalue weighted by atomic mass is 32.1. The normalized spacial score (nSPS) is 11.2. The number of carbonyl (C=O) groups is 2. The Kier molecular flexibility index (Phi) is 5.84. The molecule has 0 unspecified atom stereocenters. The average molecular weight is 471 g/mol. The average Bonchev–Trinajstić information content (AvgIpc) is 3.59. The molecule has 3 N–H and O–H groups in total. The fraction of sp³-hybridized carbons (Fsp3) is 0. The van der Waals surface area contributed by atoms with Crippen molar-refractivity contribution in [3.8, 4) is 0 Å². The van der Waals surface area contributed by atoms with Crippen LogP contribution in [-0.2, 0) is 0 Å². The molecule has 0 atom stereocenters. The first-order valence-corrected chi connectivity index (χ1v) is 11.8. The fourth-order valence-electron chi connectivity index (χ4n) is 3.33. The first kappa shape index (κ1) is 20.9. The Morgan fingerprint density at radius 2 is 1.64 bits per heavy atom. The molecule has 3 heterocycles. The van der Waals surface area contributed by atoms with Crippen molar-refractivity contribution in [1.82, 2.24) is 10.2 Å². The number of para-hydroxylation sites is 2. The zero-order valence-corrected chi connectivity index (χ0v) is 18.9. The van der Waals surface area contributed by atoms with Crippen molar-refractivity contribution in [2.24, 2.45) is 0 Å². The first-order chi connectivity index (χ1) is 16.2. The van der Waals surface area contributed by atoms with Crippen molar-refractivity contribution in [3.05, 3.63) is 99.2 Å². The lowest BCUT2D eigenvalue weighted by Gasteiger charge is -2.07. The Bertz CT molecular complexity index is 1460. The van der Waals surface area contributed by atoms with Crippen LogP contribution in [-0.4, -0.2) is 22.0 Å². The number of hydrogen-bond acceptors (Lipinski definition) is 5. The van der Waals surface area contributed by atoms with E-state index in [2.05, 4.69) is 20.8 Å². The third-order valence-corrected chi connectivity index (χ3v) is 6.81. The number of hydrogen-bond donors (Lipinski definition) is 3. The molecule has 162 valence electrons. The van der Waals surface area contributed by atoms with Crippen LogP contribution >= 0.6 is 22.7 Å². The Morgan fingerprint density at radius 1 is 0.818 bits per heavy atom. The number of amides is 2. The van der Waals surface area contributed by atoms with Gasteiger partial charge in [0.1, 0.15) is 0 Å². The number of nitrogens with one attached hydrogen (secondary N) is 3. The molecule has 0 spiro atoms. The van der Waals surface area contributed by atoms with E-state index in [1.807, 2.05) is 72.1 Å². The number of anilines is 2. The van der Waals surface area contributed by atoms with Crippen LogP contribution in [0.15, 0.2) is 78.2 Å². The predicted octanol–water partition coefficient (Wildman–Crippen LogP) is 6.36. The fourth-order valence-corrected chi connectivity index (χ4v) is 4.74. The van der Waals surface area contributed by atoms with Crippen LogP contribution in [0.3, 0.4) is 0 Å². The molecule has 6 nitrogen and oxygen atoms in total. The van der Waals surface area contributed by atoms with Gasteiger partial charge in [-0.2, -0.15) is 5.10 Å². The van der Waals surface area contributed by atoms with Gasteiger partial charge in [0.2, 0.25) is 0 Å². The van der Waals surface area contributed by atoms with Gasteiger partial charge in [-0.3, -0.25) is 14.7 Å². The molecule has 0 aliphatic rings. The third-order valence-electron chi connectivity index (χ3n) is 4.94. The van der Waals surface area contributed by atoms with Crippen LogP contribution in [0.1, 0.15) is 30.6 Å². The molecule has 0 fully saturated rings. The summed E-state index contributed by atoms with van der Waals surface area (Å²) in [6.45, 7) is 0. The minimum Gasteiger partial charge on any atom is -0.321 e. The summed E-state index contributed by atoms with van der Waals surface area (Å²) in [4.78, 5) is 26.2. The van der Waals surface area contributed by atoms with Crippen molar-refractivity contribution in [2.75, 3.05) is 10.6 Å². The van der Waals surface area contributed by atoms with E-state index in [0.717, 1.165) is 22.2 Å². The molecule has 5 aromatic rings. The summed E-state index contributed by atoms with van der Waals surface area (Å²) in [7, 11) is 0. The minimum atomic E-state index is -0.234. The van der Waals surface area contributed by atoms with E-state index in [1.165, 1.54) is 22.7 Å². The summed E-state index contributed by atoms with van der Waals surface area (Å²) in [5, 5.41) is 16.7. The number of carbonyl (C=O) groups excluding carboxylic acids is 2. The quantitative estimate of drug-likeness (QED) is 0.270. The standard InChI is InChI=1S/C25H18N4O2S2/c30-24(21-10-5-15-32-21)27-23-14-13-22(33-23)25(31)26-18-8-3-1-6-16(18)11-12-20-17-7-2-4-9-19(17)28-29-20/h1-15H,(H,26,31)(H,27,30)(H,28,29)/b12-11+. The Balaban J connectivity index is 1.31. The lowest BCUT2D eigenvalue weighted by atomic mass is 10.1. The summed E-state index contributed by atoms with van der Waals surface area (Å²) in [5.41, 5.74) is 3.35. The van der Waals surface area contributed by atoms with Crippen molar-refractivity contribution in [3.63, 3.8) is 0 Å². The van der Waals surface area contributed by atoms with Gasteiger partial charge in [-0.1, -0.05) is 48.5 Å². The molecule has 0 radical (unpaired) electrons.